The molecule has 2 aromatic rings. The Morgan fingerprint density at radius 3 is 2.65 bits per heavy atom. The number of rotatable bonds is 4. The summed E-state index contributed by atoms with van der Waals surface area (Å²) in [6, 6.07) is 6.09. The maximum atomic E-state index is 13.8. The maximum absolute atomic E-state index is 13.8. The van der Waals surface area contributed by atoms with Crippen molar-refractivity contribution in [3.8, 4) is 5.75 Å². The van der Waals surface area contributed by atoms with Gasteiger partial charge in [-0.15, -0.1) is 0 Å². The van der Waals surface area contributed by atoms with Gasteiger partial charge in [-0.3, -0.25) is 10.8 Å². The minimum atomic E-state index is -0.446. The van der Waals surface area contributed by atoms with Gasteiger partial charge in [-0.25, -0.2) is 9.82 Å². The molecule has 0 spiro atoms. The smallest absolute Gasteiger partial charge is 0.165 e. The minimum absolute atomic E-state index is 0.187. The topological polar surface area (TPSA) is 60.2 Å². The number of hydrogen-bond acceptors (Lipinski definition) is 4. The molecule has 0 aliphatic carbocycles. The third kappa shape index (κ3) is 3.17. The van der Waals surface area contributed by atoms with Crippen molar-refractivity contribution in [1.82, 2.24) is 10.4 Å². The number of methoxy groups -OCH3 is 1. The molecule has 1 unspecified atom stereocenters. The van der Waals surface area contributed by atoms with E-state index < -0.39 is 11.9 Å². The predicted molar refractivity (Wildman–Crippen MR) is 81.8 cm³/mol. The largest absolute Gasteiger partial charge is 0.494 e. The highest BCUT2D eigenvalue weighted by molar-refractivity contribution is 9.11. The van der Waals surface area contributed by atoms with Gasteiger partial charge in [0.2, 0.25) is 0 Å². The van der Waals surface area contributed by atoms with Gasteiger partial charge in [-0.05, 0) is 55.6 Å². The number of ether oxygens (including phenoxy) is 1. The zero-order chi connectivity index (χ0) is 14.7. The Bertz CT molecular complexity index is 625. The van der Waals surface area contributed by atoms with Crippen molar-refractivity contribution < 1.29 is 9.13 Å². The van der Waals surface area contributed by atoms with E-state index in [9.17, 15) is 4.39 Å². The van der Waals surface area contributed by atoms with Gasteiger partial charge in [0, 0.05) is 15.1 Å². The van der Waals surface area contributed by atoms with E-state index in [-0.39, 0.29) is 5.75 Å². The van der Waals surface area contributed by atoms with Gasteiger partial charge in [0.05, 0.1) is 18.8 Å². The fourth-order valence-electron chi connectivity index (χ4n) is 1.83. The summed E-state index contributed by atoms with van der Waals surface area (Å²) in [4.78, 5) is 4.31. The highest BCUT2D eigenvalue weighted by atomic mass is 79.9. The molecule has 2 rings (SSSR count). The number of hydrogen-bond donors (Lipinski definition) is 2. The van der Waals surface area contributed by atoms with Crippen LogP contribution < -0.4 is 16.0 Å². The average molecular weight is 405 g/mol. The van der Waals surface area contributed by atoms with Gasteiger partial charge in [-0.1, -0.05) is 6.07 Å². The summed E-state index contributed by atoms with van der Waals surface area (Å²) >= 11 is 6.76. The first-order valence-corrected chi connectivity index (χ1v) is 7.26. The molecule has 0 aliphatic rings. The van der Waals surface area contributed by atoms with E-state index in [1.54, 1.807) is 18.3 Å². The lowest BCUT2D eigenvalue weighted by molar-refractivity contribution is 0.385. The van der Waals surface area contributed by atoms with Crippen molar-refractivity contribution in [2.75, 3.05) is 7.11 Å². The van der Waals surface area contributed by atoms with Crippen LogP contribution in [0.4, 0.5) is 4.39 Å². The van der Waals surface area contributed by atoms with E-state index in [2.05, 4.69) is 42.3 Å². The standard InChI is InChI=1S/C13H12Br2FN3O/c1-20-11-3-2-7(4-10(11)16)12(19-17)13-9(15)5-8(14)6-18-13/h2-6,12,19H,17H2,1H3. The molecule has 1 aromatic heterocycles. The van der Waals surface area contributed by atoms with Crippen molar-refractivity contribution >= 4 is 31.9 Å². The Labute approximate surface area is 132 Å². The van der Waals surface area contributed by atoms with Crippen LogP contribution in [0.25, 0.3) is 0 Å². The van der Waals surface area contributed by atoms with Crippen molar-refractivity contribution in [2.24, 2.45) is 5.84 Å². The molecule has 4 nitrogen and oxygen atoms in total. The zero-order valence-electron chi connectivity index (χ0n) is 10.5. The third-order valence-electron chi connectivity index (χ3n) is 2.79. The van der Waals surface area contributed by atoms with Crippen molar-refractivity contribution in [2.45, 2.75) is 6.04 Å². The van der Waals surface area contributed by atoms with E-state index in [0.29, 0.717) is 11.3 Å². The number of nitrogens with zero attached hydrogens (tertiary/aromatic N) is 1. The molecule has 0 aliphatic heterocycles. The molecule has 0 radical (unpaired) electrons. The molecule has 0 saturated heterocycles. The molecule has 20 heavy (non-hydrogen) atoms. The Hall–Kier alpha value is -1.02. The number of nitrogens with one attached hydrogen (secondary N) is 1. The summed E-state index contributed by atoms with van der Waals surface area (Å²) in [5, 5.41) is 0. The van der Waals surface area contributed by atoms with Crippen LogP contribution in [0.3, 0.4) is 0 Å². The Balaban J connectivity index is 2.44. The SMILES string of the molecule is COc1ccc(C(NN)c2ncc(Br)cc2Br)cc1F. The predicted octanol–water partition coefficient (Wildman–Crippen LogP) is 3.31. The first-order valence-electron chi connectivity index (χ1n) is 5.67. The van der Waals surface area contributed by atoms with Gasteiger partial charge >= 0.3 is 0 Å². The normalized spacial score (nSPS) is 12.2. The summed E-state index contributed by atoms with van der Waals surface area (Å²) in [5.74, 6) is 5.33. The number of pyridine rings is 1. The molecular formula is C13H12Br2FN3O. The van der Waals surface area contributed by atoms with Crippen LogP contribution in [0.1, 0.15) is 17.3 Å². The molecule has 1 aromatic carbocycles. The number of nitrogens with two attached hydrogens (primary N) is 1. The van der Waals surface area contributed by atoms with E-state index >= 15 is 0 Å². The summed E-state index contributed by atoms with van der Waals surface area (Å²) in [7, 11) is 1.42. The van der Waals surface area contributed by atoms with Crippen LogP contribution >= 0.6 is 31.9 Å². The second-order valence-corrected chi connectivity index (χ2v) is 5.78. The van der Waals surface area contributed by atoms with Gasteiger partial charge < -0.3 is 4.74 Å². The zero-order valence-corrected chi connectivity index (χ0v) is 13.7. The van der Waals surface area contributed by atoms with E-state index in [0.717, 1.165) is 8.95 Å². The monoisotopic (exact) mass is 403 g/mol. The second-order valence-electron chi connectivity index (χ2n) is 4.01. The fourth-order valence-corrected chi connectivity index (χ4v) is 3.05. The average Bonchev–Trinajstić information content (AvgIpc) is 2.42. The lowest BCUT2D eigenvalue weighted by atomic mass is 10.0. The van der Waals surface area contributed by atoms with Crippen LogP contribution in [0, 0.1) is 5.82 Å². The van der Waals surface area contributed by atoms with Gasteiger partial charge in [0.15, 0.2) is 11.6 Å². The van der Waals surface area contributed by atoms with Crippen LogP contribution in [-0.2, 0) is 0 Å². The quantitative estimate of drug-likeness (QED) is 0.606. The molecule has 1 atom stereocenters. The molecule has 106 valence electrons. The molecular weight excluding hydrogens is 393 g/mol. The number of benzene rings is 1. The first-order chi connectivity index (χ1) is 9.56. The van der Waals surface area contributed by atoms with Crippen LogP contribution in [0.5, 0.6) is 5.75 Å². The van der Waals surface area contributed by atoms with Crippen molar-refractivity contribution in [3.05, 3.63) is 56.5 Å². The van der Waals surface area contributed by atoms with E-state index in [1.807, 2.05) is 6.07 Å². The fraction of sp³-hybridized carbons (Fsp3) is 0.154. The number of hydrazine groups is 1. The summed E-state index contributed by atoms with van der Waals surface area (Å²) < 4.78 is 20.3. The van der Waals surface area contributed by atoms with Gasteiger partial charge in [-0.2, -0.15) is 0 Å². The molecule has 7 heteroatoms. The highest BCUT2D eigenvalue weighted by Gasteiger charge is 2.18. The first kappa shape index (κ1) is 15.4. The summed E-state index contributed by atoms with van der Waals surface area (Å²) in [6.07, 6.45) is 1.66. The summed E-state index contributed by atoms with van der Waals surface area (Å²) in [5.41, 5.74) is 3.97. The molecule has 1 heterocycles. The van der Waals surface area contributed by atoms with E-state index in [4.69, 9.17) is 10.6 Å². The number of halogens is 3. The molecule has 0 fully saturated rings. The molecule has 0 saturated carbocycles. The third-order valence-corrected chi connectivity index (χ3v) is 3.85. The molecule has 0 amide bonds. The van der Waals surface area contributed by atoms with Gasteiger partial charge in [0.25, 0.3) is 0 Å². The van der Waals surface area contributed by atoms with Gasteiger partial charge in [0.1, 0.15) is 0 Å². The highest BCUT2D eigenvalue weighted by Crippen LogP contribution is 2.30. The lowest BCUT2D eigenvalue weighted by Gasteiger charge is -2.18. The van der Waals surface area contributed by atoms with Crippen molar-refractivity contribution in [1.29, 1.82) is 0 Å². The lowest BCUT2D eigenvalue weighted by Crippen LogP contribution is -2.30. The van der Waals surface area contributed by atoms with Crippen LogP contribution in [0.2, 0.25) is 0 Å². The molecule has 0 bridgehead atoms. The van der Waals surface area contributed by atoms with Crippen LogP contribution in [0.15, 0.2) is 39.4 Å². The Morgan fingerprint density at radius 1 is 1.35 bits per heavy atom. The molecule has 3 N–H and O–H groups in total. The second kappa shape index (κ2) is 6.62. The van der Waals surface area contributed by atoms with E-state index in [1.165, 1.54) is 13.2 Å². The minimum Gasteiger partial charge on any atom is -0.494 e. The Morgan fingerprint density at radius 2 is 2.10 bits per heavy atom. The van der Waals surface area contributed by atoms with Crippen molar-refractivity contribution in [3.63, 3.8) is 0 Å². The Kier molecular flexibility index (Phi) is 5.09. The van der Waals surface area contributed by atoms with Crippen LogP contribution in [-0.4, -0.2) is 12.1 Å². The summed E-state index contributed by atoms with van der Waals surface area (Å²) in [6.45, 7) is 0. The maximum Gasteiger partial charge on any atom is 0.165 e. The number of aromatic nitrogens is 1.